The van der Waals surface area contributed by atoms with Crippen LogP contribution < -0.4 is 11.1 Å². The highest BCUT2D eigenvalue weighted by atomic mass is 32.2. The van der Waals surface area contributed by atoms with Gasteiger partial charge in [0.05, 0.1) is 15.8 Å². The molecule has 86 valence electrons. The molecular weight excluding hydrogens is 228 g/mol. The molecule has 2 atom stereocenters. The highest BCUT2D eigenvalue weighted by molar-refractivity contribution is 8.01. The molecule has 5 heteroatoms. The maximum atomic E-state index is 12.0. The zero-order valence-corrected chi connectivity index (χ0v) is 10.8. The fourth-order valence-corrected chi connectivity index (χ4v) is 3.09. The molecule has 1 aliphatic heterocycles. The van der Waals surface area contributed by atoms with Crippen molar-refractivity contribution in [3.8, 4) is 0 Å². The Kier molecular flexibility index (Phi) is 4.40. The molecule has 1 heterocycles. The number of rotatable bonds is 4. The van der Waals surface area contributed by atoms with Crippen molar-refractivity contribution in [3.63, 3.8) is 0 Å². The van der Waals surface area contributed by atoms with E-state index < -0.39 is 0 Å². The van der Waals surface area contributed by atoms with Gasteiger partial charge in [-0.3, -0.25) is 4.79 Å². The van der Waals surface area contributed by atoms with Crippen LogP contribution in [-0.2, 0) is 4.79 Å². The van der Waals surface area contributed by atoms with Gasteiger partial charge in [-0.05, 0) is 31.9 Å². The van der Waals surface area contributed by atoms with Gasteiger partial charge >= 0.3 is 0 Å². The molecule has 0 aromatic heterocycles. The molecular formula is C10H18N2OS2. The number of hydrogen-bond donors (Lipinski definition) is 2. The molecule has 0 spiro atoms. The van der Waals surface area contributed by atoms with E-state index in [0.717, 1.165) is 25.0 Å². The van der Waals surface area contributed by atoms with E-state index in [1.165, 1.54) is 0 Å². The number of carbonyl (C=O) groups excluding carboxylic acids is 1. The molecule has 15 heavy (non-hydrogen) atoms. The first-order chi connectivity index (χ1) is 6.99. The molecule has 1 rings (SSSR count). The summed E-state index contributed by atoms with van der Waals surface area (Å²) in [6, 6.07) is -0.162. The van der Waals surface area contributed by atoms with Crippen molar-refractivity contribution in [2.45, 2.75) is 43.9 Å². The molecule has 1 fully saturated rings. The normalized spacial score (nSPS) is 27.3. The lowest BCUT2D eigenvalue weighted by Gasteiger charge is -2.25. The fraction of sp³-hybridized carbons (Fsp3) is 0.800. The first kappa shape index (κ1) is 12.8. The second kappa shape index (κ2) is 5.16. The van der Waals surface area contributed by atoms with E-state index in [1.54, 1.807) is 11.8 Å². The van der Waals surface area contributed by atoms with Crippen LogP contribution in [0.1, 0.15) is 33.1 Å². The first-order valence-corrected chi connectivity index (χ1v) is 6.63. The summed E-state index contributed by atoms with van der Waals surface area (Å²) in [4.78, 5) is 12.4. The molecule has 1 saturated heterocycles. The molecule has 0 saturated carbocycles. The van der Waals surface area contributed by atoms with Gasteiger partial charge < -0.3 is 11.1 Å². The van der Waals surface area contributed by atoms with Crippen molar-refractivity contribution in [2.75, 3.05) is 5.75 Å². The van der Waals surface area contributed by atoms with Crippen molar-refractivity contribution in [1.29, 1.82) is 0 Å². The Hall–Kier alpha value is -0.290. The van der Waals surface area contributed by atoms with Gasteiger partial charge in [-0.15, -0.1) is 11.8 Å². The minimum atomic E-state index is -0.280. The second-order valence-corrected chi connectivity index (χ2v) is 6.09. The van der Waals surface area contributed by atoms with Crippen LogP contribution in [0.15, 0.2) is 0 Å². The van der Waals surface area contributed by atoms with Gasteiger partial charge in [0.2, 0.25) is 5.91 Å². The molecule has 2 unspecified atom stereocenters. The predicted octanol–water partition coefficient (Wildman–Crippen LogP) is 1.45. The SMILES string of the molecule is CCC(NC(=O)C1(C)CCCS1)C(N)=S. The van der Waals surface area contributed by atoms with Gasteiger partial charge in [0.25, 0.3) is 0 Å². The van der Waals surface area contributed by atoms with Crippen molar-refractivity contribution in [3.05, 3.63) is 0 Å². The van der Waals surface area contributed by atoms with Crippen LogP contribution in [0.25, 0.3) is 0 Å². The zero-order valence-electron chi connectivity index (χ0n) is 9.21. The highest BCUT2D eigenvalue weighted by Crippen LogP contribution is 2.37. The standard InChI is InChI=1S/C10H18N2OS2/c1-3-7(8(11)14)12-9(13)10(2)5-4-6-15-10/h7H,3-6H2,1-2H3,(H2,11,14)(H,12,13). The molecule has 0 radical (unpaired) electrons. The van der Waals surface area contributed by atoms with E-state index in [0.29, 0.717) is 4.99 Å². The van der Waals surface area contributed by atoms with Crippen LogP contribution in [-0.4, -0.2) is 27.4 Å². The van der Waals surface area contributed by atoms with Gasteiger partial charge in [-0.25, -0.2) is 0 Å². The van der Waals surface area contributed by atoms with Crippen molar-refractivity contribution < 1.29 is 4.79 Å². The third kappa shape index (κ3) is 3.08. The van der Waals surface area contributed by atoms with Crippen molar-refractivity contribution >= 4 is 34.9 Å². The Morgan fingerprint density at radius 1 is 1.73 bits per heavy atom. The Labute approximate surface area is 101 Å². The Bertz CT molecular complexity index is 262. The number of hydrogen-bond acceptors (Lipinski definition) is 3. The van der Waals surface area contributed by atoms with Crippen LogP contribution in [0.3, 0.4) is 0 Å². The quantitative estimate of drug-likeness (QED) is 0.737. The third-order valence-corrected chi connectivity index (χ3v) is 4.56. The van der Waals surface area contributed by atoms with E-state index in [4.69, 9.17) is 18.0 Å². The van der Waals surface area contributed by atoms with Gasteiger partial charge in [-0.2, -0.15) is 0 Å². The second-order valence-electron chi connectivity index (χ2n) is 4.02. The summed E-state index contributed by atoms with van der Waals surface area (Å²) in [6.45, 7) is 3.96. The molecule has 0 aromatic rings. The van der Waals surface area contributed by atoms with Crippen molar-refractivity contribution in [2.24, 2.45) is 5.73 Å². The average molecular weight is 246 g/mol. The summed E-state index contributed by atoms with van der Waals surface area (Å²) in [6.07, 6.45) is 2.80. The zero-order chi connectivity index (χ0) is 11.5. The third-order valence-electron chi connectivity index (χ3n) is 2.76. The van der Waals surface area contributed by atoms with E-state index >= 15 is 0 Å². The molecule has 0 bridgehead atoms. The minimum absolute atomic E-state index is 0.0738. The number of nitrogens with one attached hydrogen (secondary N) is 1. The smallest absolute Gasteiger partial charge is 0.236 e. The number of carbonyl (C=O) groups is 1. The van der Waals surface area contributed by atoms with Crippen LogP contribution in [0, 0.1) is 0 Å². The topological polar surface area (TPSA) is 55.1 Å². The van der Waals surface area contributed by atoms with Crippen LogP contribution in [0.5, 0.6) is 0 Å². The minimum Gasteiger partial charge on any atom is -0.392 e. The lowest BCUT2D eigenvalue weighted by Crippen LogP contribution is -2.49. The predicted molar refractivity (Wildman–Crippen MR) is 69.1 cm³/mol. The molecule has 0 aromatic carbocycles. The van der Waals surface area contributed by atoms with E-state index in [-0.39, 0.29) is 16.7 Å². The molecule has 3 nitrogen and oxygen atoms in total. The van der Waals surface area contributed by atoms with E-state index in [2.05, 4.69) is 5.32 Å². The van der Waals surface area contributed by atoms with E-state index in [9.17, 15) is 4.79 Å². The molecule has 1 amide bonds. The average Bonchev–Trinajstić information content (AvgIpc) is 2.61. The monoisotopic (exact) mass is 246 g/mol. The summed E-state index contributed by atoms with van der Waals surface area (Å²) >= 11 is 6.62. The van der Waals surface area contributed by atoms with Gasteiger partial charge in [-0.1, -0.05) is 19.1 Å². The summed E-state index contributed by atoms with van der Waals surface area (Å²) in [5.41, 5.74) is 5.55. The Balaban J connectivity index is 2.57. The Morgan fingerprint density at radius 2 is 2.40 bits per heavy atom. The first-order valence-electron chi connectivity index (χ1n) is 5.24. The number of nitrogens with two attached hydrogens (primary N) is 1. The summed E-state index contributed by atoms with van der Waals surface area (Å²) in [5, 5.41) is 2.92. The van der Waals surface area contributed by atoms with Crippen LogP contribution >= 0.6 is 24.0 Å². The number of thiocarbonyl (C=S) groups is 1. The lowest BCUT2D eigenvalue weighted by molar-refractivity contribution is -0.123. The molecule has 0 aliphatic carbocycles. The number of thioether (sulfide) groups is 1. The summed E-state index contributed by atoms with van der Waals surface area (Å²) < 4.78 is -0.280. The molecule has 3 N–H and O–H groups in total. The lowest BCUT2D eigenvalue weighted by atomic mass is 10.0. The fourth-order valence-electron chi connectivity index (χ4n) is 1.64. The van der Waals surface area contributed by atoms with E-state index in [1.807, 2.05) is 13.8 Å². The maximum Gasteiger partial charge on any atom is 0.236 e. The summed E-state index contributed by atoms with van der Waals surface area (Å²) in [5.74, 6) is 1.14. The highest BCUT2D eigenvalue weighted by Gasteiger charge is 2.37. The maximum absolute atomic E-state index is 12.0. The molecule has 1 aliphatic rings. The van der Waals surface area contributed by atoms with Gasteiger partial charge in [0.15, 0.2) is 0 Å². The van der Waals surface area contributed by atoms with Crippen LogP contribution in [0.2, 0.25) is 0 Å². The van der Waals surface area contributed by atoms with Gasteiger partial charge in [0, 0.05) is 0 Å². The largest absolute Gasteiger partial charge is 0.392 e. The Morgan fingerprint density at radius 3 is 2.80 bits per heavy atom. The van der Waals surface area contributed by atoms with Gasteiger partial charge in [0.1, 0.15) is 0 Å². The summed E-state index contributed by atoms with van der Waals surface area (Å²) in [7, 11) is 0. The number of amides is 1. The van der Waals surface area contributed by atoms with Crippen LogP contribution in [0.4, 0.5) is 0 Å². The van der Waals surface area contributed by atoms with Crippen molar-refractivity contribution in [1.82, 2.24) is 5.32 Å².